The van der Waals surface area contributed by atoms with Gasteiger partial charge in [0.05, 0.1) is 24.0 Å². The van der Waals surface area contributed by atoms with Gasteiger partial charge in [0.1, 0.15) is 5.66 Å². The van der Waals surface area contributed by atoms with Crippen LogP contribution in [-0.4, -0.2) is 25.0 Å². The third-order valence-electron chi connectivity index (χ3n) is 7.51. The van der Waals surface area contributed by atoms with Crippen LogP contribution in [0.1, 0.15) is 80.1 Å². The van der Waals surface area contributed by atoms with Gasteiger partial charge in [-0.05, 0) is 49.4 Å². The number of benzene rings is 2. The first-order chi connectivity index (χ1) is 15.7. The van der Waals surface area contributed by atoms with Crippen molar-refractivity contribution < 1.29 is 14.3 Å². The largest absolute Gasteiger partial charge is 0.465 e. The Labute approximate surface area is 190 Å². The minimum atomic E-state index is -0.530. The van der Waals surface area contributed by atoms with Crippen molar-refractivity contribution in [2.75, 3.05) is 16.9 Å². The van der Waals surface area contributed by atoms with E-state index in [-0.39, 0.29) is 11.9 Å². The van der Waals surface area contributed by atoms with Gasteiger partial charge in [-0.25, -0.2) is 4.79 Å². The number of fused-ring (bicyclic) bond motifs is 3. The van der Waals surface area contributed by atoms with Crippen LogP contribution in [0.5, 0.6) is 0 Å². The molecule has 2 aliphatic heterocycles. The summed E-state index contributed by atoms with van der Waals surface area (Å²) >= 11 is 0. The highest BCUT2D eigenvalue weighted by Gasteiger charge is 2.56. The minimum Gasteiger partial charge on any atom is -0.465 e. The molecule has 0 aromatic heterocycles. The van der Waals surface area contributed by atoms with Gasteiger partial charge in [0.25, 0.3) is 0 Å². The number of esters is 1. The lowest BCUT2D eigenvalue weighted by Gasteiger charge is -2.51. The summed E-state index contributed by atoms with van der Waals surface area (Å²) in [6, 6.07) is 16.6. The van der Waals surface area contributed by atoms with Crippen LogP contribution in [0.15, 0.2) is 48.5 Å². The summed E-state index contributed by atoms with van der Waals surface area (Å²) in [5, 5.41) is 0. The predicted octanol–water partition coefficient (Wildman–Crippen LogP) is 5.78. The van der Waals surface area contributed by atoms with E-state index < -0.39 is 5.66 Å². The van der Waals surface area contributed by atoms with E-state index in [0.717, 1.165) is 42.6 Å². The van der Waals surface area contributed by atoms with E-state index in [2.05, 4.69) is 29.2 Å². The van der Waals surface area contributed by atoms with Crippen LogP contribution in [0.2, 0.25) is 0 Å². The second kappa shape index (κ2) is 8.61. The van der Waals surface area contributed by atoms with Crippen molar-refractivity contribution >= 4 is 23.3 Å². The normalized spacial score (nSPS) is 23.8. The van der Waals surface area contributed by atoms with E-state index >= 15 is 0 Å². The second-order valence-electron chi connectivity index (χ2n) is 9.33. The molecule has 2 heterocycles. The Morgan fingerprint density at radius 3 is 2.38 bits per heavy atom. The third kappa shape index (κ3) is 3.30. The molecule has 1 amide bonds. The number of carbonyl (C=O) groups is 2. The molecule has 0 N–H and O–H groups in total. The maximum absolute atomic E-state index is 13.5. The Morgan fingerprint density at radius 1 is 0.938 bits per heavy atom. The highest BCUT2D eigenvalue weighted by Crippen LogP contribution is 2.56. The third-order valence-corrected chi connectivity index (χ3v) is 7.51. The molecule has 168 valence electrons. The van der Waals surface area contributed by atoms with Crippen molar-refractivity contribution in [1.29, 1.82) is 0 Å². The first-order valence-corrected chi connectivity index (χ1v) is 12.1. The zero-order valence-corrected chi connectivity index (χ0v) is 18.9. The Balaban J connectivity index is 1.72. The van der Waals surface area contributed by atoms with Crippen LogP contribution in [0.4, 0.5) is 11.4 Å². The summed E-state index contributed by atoms with van der Waals surface area (Å²) in [5.41, 5.74) is 3.04. The van der Waals surface area contributed by atoms with Crippen LogP contribution in [-0.2, 0) is 15.2 Å². The molecule has 5 nitrogen and oxygen atoms in total. The molecule has 3 aliphatic rings. The molecule has 1 unspecified atom stereocenters. The van der Waals surface area contributed by atoms with E-state index in [1.54, 1.807) is 0 Å². The van der Waals surface area contributed by atoms with Crippen molar-refractivity contribution in [1.82, 2.24) is 0 Å². The lowest BCUT2D eigenvalue weighted by Crippen LogP contribution is -2.61. The summed E-state index contributed by atoms with van der Waals surface area (Å²) in [7, 11) is 1.40. The van der Waals surface area contributed by atoms with Crippen molar-refractivity contribution in [3.05, 3.63) is 59.7 Å². The quantitative estimate of drug-likeness (QED) is 0.577. The van der Waals surface area contributed by atoms with Crippen molar-refractivity contribution in [3.8, 4) is 0 Å². The summed E-state index contributed by atoms with van der Waals surface area (Å²) in [5.74, 6) is -0.233. The first kappa shape index (κ1) is 21.0. The summed E-state index contributed by atoms with van der Waals surface area (Å²) in [6.07, 6.45) is 10.9. The van der Waals surface area contributed by atoms with Crippen LogP contribution in [0.25, 0.3) is 0 Å². The number of carbonyl (C=O) groups excluding carboxylic acids is 2. The van der Waals surface area contributed by atoms with Crippen LogP contribution in [0, 0.1) is 0 Å². The molecule has 1 saturated carbocycles. The molecule has 1 atom stereocenters. The van der Waals surface area contributed by atoms with Crippen LogP contribution in [0.3, 0.4) is 0 Å². The Kier molecular flexibility index (Phi) is 5.66. The van der Waals surface area contributed by atoms with E-state index in [9.17, 15) is 9.59 Å². The molecule has 2 aromatic carbocycles. The molecule has 5 heteroatoms. The molecule has 32 heavy (non-hydrogen) atoms. The SMILES string of the molecule is COC(=O)c1ccc2c(c1)N1C(=O)CCCC1(c1ccccc1)N2C1CCCCCCC1. The average molecular weight is 433 g/mol. The highest BCUT2D eigenvalue weighted by molar-refractivity contribution is 6.05. The molecule has 0 bridgehead atoms. The van der Waals surface area contributed by atoms with Gasteiger partial charge >= 0.3 is 5.97 Å². The van der Waals surface area contributed by atoms with E-state index in [4.69, 9.17) is 4.74 Å². The molecular weight excluding hydrogens is 400 g/mol. The summed E-state index contributed by atoms with van der Waals surface area (Å²) in [6.45, 7) is 0. The van der Waals surface area contributed by atoms with Gasteiger partial charge in [0.2, 0.25) is 5.91 Å². The second-order valence-corrected chi connectivity index (χ2v) is 9.33. The van der Waals surface area contributed by atoms with Gasteiger partial charge in [-0.1, -0.05) is 62.4 Å². The van der Waals surface area contributed by atoms with Gasteiger partial charge in [-0.2, -0.15) is 0 Å². The number of rotatable bonds is 3. The van der Waals surface area contributed by atoms with Crippen molar-refractivity contribution in [3.63, 3.8) is 0 Å². The number of methoxy groups -OCH3 is 1. The number of hydrogen-bond donors (Lipinski definition) is 0. The molecular formula is C27H32N2O3. The summed E-state index contributed by atoms with van der Waals surface area (Å²) in [4.78, 5) is 30.4. The molecule has 0 radical (unpaired) electrons. The van der Waals surface area contributed by atoms with Gasteiger partial charge < -0.3 is 9.64 Å². The standard InChI is InChI=1S/C27H32N2O3/c1-32-26(31)20-16-17-23-24(19-20)29-25(30)15-10-18-27(29,21-11-6-5-7-12-21)28(23)22-13-8-3-2-4-9-14-22/h5-7,11-12,16-17,19,22H,2-4,8-10,13-15,18H2,1H3. The maximum Gasteiger partial charge on any atom is 0.337 e. The minimum absolute atomic E-state index is 0.136. The highest BCUT2D eigenvalue weighted by atomic mass is 16.5. The fraction of sp³-hybridized carbons (Fsp3) is 0.481. The van der Waals surface area contributed by atoms with E-state index in [0.29, 0.717) is 18.0 Å². The monoisotopic (exact) mass is 432 g/mol. The van der Waals surface area contributed by atoms with Crippen molar-refractivity contribution in [2.24, 2.45) is 0 Å². The molecule has 1 aliphatic carbocycles. The molecule has 2 aromatic rings. The molecule has 1 saturated heterocycles. The molecule has 0 spiro atoms. The van der Waals surface area contributed by atoms with Gasteiger partial charge in [-0.15, -0.1) is 0 Å². The van der Waals surface area contributed by atoms with Crippen LogP contribution < -0.4 is 9.80 Å². The van der Waals surface area contributed by atoms with E-state index in [1.807, 2.05) is 29.2 Å². The first-order valence-electron chi connectivity index (χ1n) is 12.1. The predicted molar refractivity (Wildman–Crippen MR) is 126 cm³/mol. The maximum atomic E-state index is 13.5. The molecule has 2 fully saturated rings. The number of hydrogen-bond acceptors (Lipinski definition) is 4. The topological polar surface area (TPSA) is 49.9 Å². The fourth-order valence-corrected chi connectivity index (χ4v) is 6.14. The number of anilines is 2. The van der Waals surface area contributed by atoms with Gasteiger partial charge in [0, 0.05) is 12.5 Å². The zero-order valence-electron chi connectivity index (χ0n) is 18.9. The van der Waals surface area contributed by atoms with E-state index in [1.165, 1.54) is 39.2 Å². The number of piperidine rings is 1. The van der Waals surface area contributed by atoms with Crippen molar-refractivity contribution in [2.45, 2.75) is 75.9 Å². The summed E-state index contributed by atoms with van der Waals surface area (Å²) < 4.78 is 4.99. The van der Waals surface area contributed by atoms with Gasteiger partial charge in [-0.3, -0.25) is 9.69 Å². The zero-order chi connectivity index (χ0) is 22.1. The Bertz CT molecular complexity index is 997. The smallest absolute Gasteiger partial charge is 0.337 e. The number of amides is 1. The van der Waals surface area contributed by atoms with Gasteiger partial charge in [0.15, 0.2) is 0 Å². The van der Waals surface area contributed by atoms with Crippen LogP contribution >= 0.6 is 0 Å². The lowest BCUT2D eigenvalue weighted by atomic mass is 9.84. The Hall–Kier alpha value is -2.82. The fourth-order valence-electron chi connectivity index (χ4n) is 6.14. The number of ether oxygens (including phenoxy) is 1. The number of nitrogens with zero attached hydrogens (tertiary/aromatic N) is 2. The Morgan fingerprint density at radius 2 is 1.66 bits per heavy atom. The lowest BCUT2D eigenvalue weighted by molar-refractivity contribution is -0.121. The average Bonchev–Trinajstić information content (AvgIpc) is 3.11. The molecule has 5 rings (SSSR count).